The van der Waals surface area contributed by atoms with Gasteiger partial charge in [-0.05, 0) is 0 Å². The highest BCUT2D eigenvalue weighted by molar-refractivity contribution is 5.75. The minimum atomic E-state index is -0.925. The van der Waals surface area contributed by atoms with E-state index < -0.39 is 30.0 Å². The maximum absolute atomic E-state index is 12.4. The monoisotopic (exact) mass is 364 g/mol. The number of rotatable bonds is 3. The number of nitrogens with one attached hydrogen (secondary N) is 2. The molecule has 2 aromatic rings. The van der Waals surface area contributed by atoms with E-state index in [4.69, 9.17) is 4.74 Å². The van der Waals surface area contributed by atoms with Crippen molar-refractivity contribution in [3.63, 3.8) is 0 Å². The Morgan fingerprint density at radius 2 is 2.19 bits per heavy atom. The van der Waals surface area contributed by atoms with Crippen molar-refractivity contribution in [1.29, 1.82) is 0 Å². The van der Waals surface area contributed by atoms with Crippen molar-refractivity contribution in [2.75, 3.05) is 32.8 Å². The lowest BCUT2D eigenvalue weighted by molar-refractivity contribution is -0.0449. The number of aliphatic hydroxyl groups excluding tert-OH is 2. The first-order chi connectivity index (χ1) is 12.4. The lowest BCUT2D eigenvalue weighted by Gasteiger charge is -2.35. The van der Waals surface area contributed by atoms with Gasteiger partial charge in [0.25, 0.3) is 5.56 Å². The van der Waals surface area contributed by atoms with Crippen LogP contribution in [-0.4, -0.2) is 87.0 Å². The Kier molecular flexibility index (Phi) is 3.91. The number of fused-ring (bicyclic) bond motifs is 5. The molecule has 0 saturated carbocycles. The number of nitrogens with zero attached hydrogens (tertiary/aromatic N) is 6. The minimum Gasteiger partial charge on any atom is -0.394 e. The van der Waals surface area contributed by atoms with Gasteiger partial charge in [-0.15, -0.1) is 0 Å². The van der Waals surface area contributed by atoms with Crippen LogP contribution >= 0.6 is 0 Å². The van der Waals surface area contributed by atoms with Crippen molar-refractivity contribution in [1.82, 2.24) is 29.8 Å². The number of hydrogen-bond donors (Lipinski definition) is 4. The number of aliphatic hydroxyl groups is 2. The van der Waals surface area contributed by atoms with Crippen LogP contribution < -0.4 is 16.0 Å². The molecule has 26 heavy (non-hydrogen) atoms. The zero-order valence-electron chi connectivity index (χ0n) is 14.5. The number of H-pyrrole nitrogens is 1. The molecule has 4 atom stereocenters. The quantitative estimate of drug-likeness (QED) is 0.356. The highest BCUT2D eigenvalue weighted by Gasteiger charge is 2.49. The van der Waals surface area contributed by atoms with Crippen LogP contribution in [0.2, 0.25) is 0 Å². The van der Waals surface area contributed by atoms with Gasteiger partial charge in [-0.1, -0.05) is 0 Å². The Balaban J connectivity index is 1.88. The number of aromatic amines is 1. The number of hydrogen-bond acceptors (Lipinski definition) is 9. The van der Waals surface area contributed by atoms with Crippen molar-refractivity contribution < 1.29 is 14.9 Å². The van der Waals surface area contributed by atoms with Crippen LogP contribution in [0.5, 0.6) is 0 Å². The summed E-state index contributed by atoms with van der Waals surface area (Å²) in [6, 6.07) is -0.517. The van der Waals surface area contributed by atoms with Crippen LogP contribution in [-0.2, 0) is 4.74 Å². The molecule has 1 fully saturated rings. The molecule has 0 unspecified atom stereocenters. The lowest BCUT2D eigenvalue weighted by Crippen LogP contribution is -2.55. The van der Waals surface area contributed by atoms with E-state index in [-0.39, 0.29) is 18.1 Å². The van der Waals surface area contributed by atoms with Gasteiger partial charge in [0.2, 0.25) is 11.9 Å². The number of hydrazine groups is 1. The fraction of sp³-hybridized carbons (Fsp3) is 0.571. The first-order valence-electron chi connectivity index (χ1n) is 8.08. The summed E-state index contributed by atoms with van der Waals surface area (Å²) in [6.07, 6.45) is -0.821. The van der Waals surface area contributed by atoms with E-state index in [0.717, 1.165) is 0 Å². The topological polar surface area (TPSA) is 144 Å². The maximum Gasteiger partial charge on any atom is 0.280 e. The average Bonchev–Trinajstić information content (AvgIpc) is 3.13. The molecule has 0 aromatic carbocycles. The maximum atomic E-state index is 12.4. The van der Waals surface area contributed by atoms with Gasteiger partial charge in [-0.25, -0.2) is 15.4 Å². The molecule has 2 aliphatic heterocycles. The zero-order chi connectivity index (χ0) is 18.6. The van der Waals surface area contributed by atoms with Gasteiger partial charge in [-0.2, -0.15) is 4.98 Å². The van der Waals surface area contributed by atoms with Crippen LogP contribution in [0.3, 0.4) is 0 Å². The smallest absolute Gasteiger partial charge is 0.280 e. The van der Waals surface area contributed by atoms with E-state index in [1.807, 2.05) is 0 Å². The van der Waals surface area contributed by atoms with E-state index in [2.05, 4.69) is 25.4 Å². The van der Waals surface area contributed by atoms with Gasteiger partial charge in [0.15, 0.2) is 17.4 Å². The number of anilines is 1. The van der Waals surface area contributed by atoms with Crippen LogP contribution in [0.25, 0.3) is 11.2 Å². The SMILES string of the molecule is CN(C)/C=N/c1nc2c(nc3n2[C@@H]2O[C@H](CO)[C@@H](O)[C@@H]2NN3C)c(=O)[nH]1. The third-order valence-electron chi connectivity index (χ3n) is 4.38. The highest BCUT2D eigenvalue weighted by Crippen LogP contribution is 2.37. The molecule has 140 valence electrons. The Hall–Kier alpha value is -2.54. The first-order valence-corrected chi connectivity index (χ1v) is 8.08. The summed E-state index contributed by atoms with van der Waals surface area (Å²) in [6.45, 7) is -0.325. The number of ether oxygens (including phenoxy) is 1. The minimum absolute atomic E-state index is 0.133. The number of imidazole rings is 1. The molecule has 0 bridgehead atoms. The van der Waals surface area contributed by atoms with Crippen LogP contribution in [0.4, 0.5) is 11.9 Å². The molecular formula is C14H20N8O4. The summed E-state index contributed by atoms with van der Waals surface area (Å²) in [5, 5.41) is 21.4. The predicted molar refractivity (Wildman–Crippen MR) is 92.3 cm³/mol. The molecule has 4 N–H and O–H groups in total. The van der Waals surface area contributed by atoms with Gasteiger partial charge >= 0.3 is 0 Å². The Morgan fingerprint density at radius 3 is 2.88 bits per heavy atom. The van der Waals surface area contributed by atoms with E-state index in [1.54, 1.807) is 35.6 Å². The Bertz CT molecular complexity index is 922. The standard InChI is InChI=1S/C14H20N8O4/c1-20(2)5-15-13-17-10-8(11(25)18-13)16-14-21(3)19-7-9(24)6(4-23)26-12(7)22(10)14/h5-7,9,12,19,23-24H,4H2,1-3H3,(H,17,18,25)/b15-5+/t6-,7+,9-,12-/m1/s1. The summed E-state index contributed by atoms with van der Waals surface area (Å²) >= 11 is 0. The van der Waals surface area contributed by atoms with Crippen molar-refractivity contribution in [2.24, 2.45) is 4.99 Å². The Labute approximate surface area is 147 Å². The third kappa shape index (κ3) is 2.46. The van der Waals surface area contributed by atoms with Gasteiger partial charge in [-0.3, -0.25) is 19.4 Å². The lowest BCUT2D eigenvalue weighted by atomic mass is 10.1. The van der Waals surface area contributed by atoms with E-state index in [9.17, 15) is 15.0 Å². The van der Waals surface area contributed by atoms with Gasteiger partial charge in [0.1, 0.15) is 18.2 Å². The van der Waals surface area contributed by atoms with Crippen LogP contribution in [0.15, 0.2) is 9.79 Å². The summed E-state index contributed by atoms with van der Waals surface area (Å²) in [5.41, 5.74) is 3.08. The molecule has 12 heteroatoms. The van der Waals surface area contributed by atoms with E-state index in [0.29, 0.717) is 11.6 Å². The van der Waals surface area contributed by atoms with Gasteiger partial charge < -0.3 is 19.8 Å². The summed E-state index contributed by atoms with van der Waals surface area (Å²) in [5.74, 6) is 0.549. The number of aliphatic imine (C=N–C) groups is 1. The second-order valence-electron chi connectivity index (χ2n) is 6.50. The molecule has 0 radical (unpaired) electrons. The second-order valence-corrected chi connectivity index (χ2v) is 6.50. The fourth-order valence-corrected chi connectivity index (χ4v) is 3.20. The molecule has 12 nitrogen and oxygen atoms in total. The normalized spacial score (nSPS) is 28.0. The zero-order valence-corrected chi connectivity index (χ0v) is 14.5. The Morgan fingerprint density at radius 1 is 1.42 bits per heavy atom. The number of aromatic nitrogens is 4. The first kappa shape index (κ1) is 16.9. The molecule has 2 aromatic heterocycles. The molecule has 0 amide bonds. The van der Waals surface area contributed by atoms with Crippen LogP contribution in [0, 0.1) is 0 Å². The van der Waals surface area contributed by atoms with Crippen molar-refractivity contribution >= 4 is 29.4 Å². The van der Waals surface area contributed by atoms with Crippen molar-refractivity contribution in [2.45, 2.75) is 24.5 Å². The van der Waals surface area contributed by atoms with Crippen molar-refractivity contribution in [3.8, 4) is 0 Å². The molecule has 4 heterocycles. The largest absolute Gasteiger partial charge is 0.394 e. The molecular weight excluding hydrogens is 344 g/mol. The van der Waals surface area contributed by atoms with Gasteiger partial charge in [0.05, 0.1) is 12.9 Å². The molecule has 1 saturated heterocycles. The molecule has 4 rings (SSSR count). The van der Waals surface area contributed by atoms with Gasteiger partial charge in [0, 0.05) is 21.1 Å². The van der Waals surface area contributed by atoms with E-state index >= 15 is 0 Å². The molecule has 0 aliphatic carbocycles. The summed E-state index contributed by atoms with van der Waals surface area (Å²) < 4.78 is 7.42. The molecule has 0 spiro atoms. The fourth-order valence-electron chi connectivity index (χ4n) is 3.20. The second kappa shape index (κ2) is 6.02. The predicted octanol–water partition coefficient (Wildman–Crippen LogP) is -2.09. The van der Waals surface area contributed by atoms with Crippen LogP contribution in [0.1, 0.15) is 6.23 Å². The average molecular weight is 364 g/mol. The summed E-state index contributed by atoms with van der Waals surface area (Å²) in [7, 11) is 5.32. The van der Waals surface area contributed by atoms with E-state index in [1.165, 1.54) is 6.34 Å². The third-order valence-corrected chi connectivity index (χ3v) is 4.38. The molecule has 2 aliphatic rings. The summed E-state index contributed by atoms with van der Waals surface area (Å²) in [4.78, 5) is 29.6. The highest BCUT2D eigenvalue weighted by atomic mass is 16.5. The van der Waals surface area contributed by atoms with Crippen molar-refractivity contribution in [3.05, 3.63) is 10.4 Å².